The summed E-state index contributed by atoms with van der Waals surface area (Å²) in [5.41, 5.74) is 1.81. The molecule has 1 heterocycles. The normalized spacial score (nSPS) is 19.9. The van der Waals surface area contributed by atoms with E-state index in [0.29, 0.717) is 18.5 Å². The number of methoxy groups -OCH3 is 1. The van der Waals surface area contributed by atoms with Crippen LogP contribution in [0, 0.1) is 5.92 Å². The Morgan fingerprint density at radius 3 is 2.28 bits per heavy atom. The van der Waals surface area contributed by atoms with Crippen molar-refractivity contribution in [2.45, 2.75) is 50.8 Å². The molecule has 7 nitrogen and oxygen atoms in total. The minimum absolute atomic E-state index is 0.342. The van der Waals surface area contributed by atoms with E-state index in [4.69, 9.17) is 4.74 Å². The van der Waals surface area contributed by atoms with Crippen LogP contribution in [0.5, 0.6) is 5.75 Å². The van der Waals surface area contributed by atoms with Crippen molar-refractivity contribution in [2.24, 2.45) is 5.92 Å². The Balaban J connectivity index is 1.48. The minimum Gasteiger partial charge on any atom is -0.497 e. The molecule has 8 heteroatoms. The van der Waals surface area contributed by atoms with Gasteiger partial charge in [-0.2, -0.15) is 0 Å². The van der Waals surface area contributed by atoms with Gasteiger partial charge >= 0.3 is 0 Å². The summed E-state index contributed by atoms with van der Waals surface area (Å²) in [4.78, 5) is 0. The average Bonchev–Trinajstić information content (AvgIpc) is 2.74. The van der Waals surface area contributed by atoms with Gasteiger partial charge in [0.05, 0.1) is 18.1 Å². The van der Waals surface area contributed by atoms with Gasteiger partial charge in [-0.05, 0) is 81.8 Å². The Bertz CT molecular complexity index is 875. The van der Waals surface area contributed by atoms with Crippen molar-refractivity contribution in [1.82, 2.24) is 14.9 Å². The molecule has 1 aromatic carbocycles. The van der Waals surface area contributed by atoms with E-state index in [2.05, 4.69) is 20.2 Å². The first-order valence-electron chi connectivity index (χ1n) is 10.1. The third-order valence-corrected chi connectivity index (χ3v) is 7.25. The Morgan fingerprint density at radius 1 is 1.03 bits per heavy atom. The van der Waals surface area contributed by atoms with Crippen molar-refractivity contribution >= 4 is 15.8 Å². The number of benzene rings is 1. The average molecular weight is 419 g/mol. The maximum Gasteiger partial charge on any atom is 0.213 e. The van der Waals surface area contributed by atoms with E-state index >= 15 is 0 Å². The summed E-state index contributed by atoms with van der Waals surface area (Å²) in [6.45, 7) is 3.93. The molecule has 0 amide bonds. The molecule has 158 valence electrons. The zero-order chi connectivity index (χ0) is 20.9. The molecule has 2 aromatic rings. The predicted molar refractivity (Wildman–Crippen MR) is 115 cm³/mol. The number of aromatic nitrogens is 2. The summed E-state index contributed by atoms with van der Waals surface area (Å²) in [5, 5.41) is 11.7. The van der Waals surface area contributed by atoms with E-state index in [-0.39, 0.29) is 5.25 Å². The molecule has 0 bridgehead atoms. The zero-order valence-corrected chi connectivity index (χ0v) is 18.1. The quantitative estimate of drug-likeness (QED) is 0.682. The van der Waals surface area contributed by atoms with Crippen molar-refractivity contribution in [2.75, 3.05) is 19.0 Å². The second-order valence-electron chi connectivity index (χ2n) is 7.84. The van der Waals surface area contributed by atoms with Gasteiger partial charge in [0.1, 0.15) is 11.6 Å². The highest BCUT2D eigenvalue weighted by atomic mass is 32.2. The van der Waals surface area contributed by atoms with E-state index < -0.39 is 10.0 Å². The molecular weight excluding hydrogens is 388 g/mol. The molecular formula is C21H30N4O3S. The first-order valence-corrected chi connectivity index (χ1v) is 11.6. The van der Waals surface area contributed by atoms with Gasteiger partial charge < -0.3 is 10.1 Å². The Hall–Kier alpha value is -2.19. The molecule has 1 aromatic heterocycles. The molecule has 2 N–H and O–H groups in total. The van der Waals surface area contributed by atoms with Crippen LogP contribution in [0.1, 0.15) is 39.5 Å². The molecule has 0 aliphatic heterocycles. The van der Waals surface area contributed by atoms with Crippen LogP contribution < -0.4 is 14.8 Å². The third kappa shape index (κ3) is 5.90. The Labute approximate surface area is 173 Å². The summed E-state index contributed by atoms with van der Waals surface area (Å²) in [7, 11) is -1.54. The van der Waals surface area contributed by atoms with Crippen LogP contribution in [0.2, 0.25) is 0 Å². The minimum atomic E-state index is -3.18. The number of hydrogen-bond donors (Lipinski definition) is 2. The number of nitrogens with zero attached hydrogens (tertiary/aromatic N) is 2. The zero-order valence-electron chi connectivity index (χ0n) is 17.3. The van der Waals surface area contributed by atoms with Crippen LogP contribution in [0.15, 0.2) is 36.4 Å². The first-order chi connectivity index (χ1) is 13.9. The lowest BCUT2D eigenvalue weighted by atomic mass is 9.86. The topological polar surface area (TPSA) is 93.2 Å². The fourth-order valence-corrected chi connectivity index (χ4v) is 4.25. The fourth-order valence-electron chi connectivity index (χ4n) is 3.45. The fraction of sp³-hybridized carbons (Fsp3) is 0.524. The smallest absolute Gasteiger partial charge is 0.213 e. The second kappa shape index (κ2) is 9.54. The van der Waals surface area contributed by atoms with Crippen LogP contribution in [0.4, 0.5) is 5.82 Å². The lowest BCUT2D eigenvalue weighted by Gasteiger charge is -2.29. The molecule has 0 radical (unpaired) electrons. The first kappa shape index (κ1) is 21.5. The van der Waals surface area contributed by atoms with E-state index in [1.54, 1.807) is 21.0 Å². The maximum atomic E-state index is 11.9. The lowest BCUT2D eigenvalue weighted by Crippen LogP contribution is -2.37. The van der Waals surface area contributed by atoms with Gasteiger partial charge in [-0.3, -0.25) is 0 Å². The largest absolute Gasteiger partial charge is 0.497 e. The molecule has 1 aliphatic carbocycles. The van der Waals surface area contributed by atoms with Crippen LogP contribution in [0.25, 0.3) is 11.3 Å². The van der Waals surface area contributed by atoms with Gasteiger partial charge in [0, 0.05) is 18.2 Å². The molecule has 3 rings (SSSR count). The van der Waals surface area contributed by atoms with Gasteiger partial charge in [-0.15, -0.1) is 10.2 Å². The third-order valence-electron chi connectivity index (χ3n) is 5.44. The summed E-state index contributed by atoms with van der Waals surface area (Å²) in [6, 6.07) is 12.0. The lowest BCUT2D eigenvalue weighted by molar-refractivity contribution is 0.336. The van der Waals surface area contributed by atoms with E-state index in [0.717, 1.165) is 48.5 Å². The number of nitrogens with one attached hydrogen (secondary N) is 2. The van der Waals surface area contributed by atoms with Crippen molar-refractivity contribution in [3.63, 3.8) is 0 Å². The van der Waals surface area contributed by atoms with Gasteiger partial charge in [0.15, 0.2) is 0 Å². The van der Waals surface area contributed by atoms with Gasteiger partial charge in [0.2, 0.25) is 10.0 Å². The molecule has 29 heavy (non-hydrogen) atoms. The maximum absolute atomic E-state index is 11.9. The van der Waals surface area contributed by atoms with E-state index in [1.807, 2.05) is 36.4 Å². The van der Waals surface area contributed by atoms with Crippen LogP contribution in [-0.2, 0) is 10.0 Å². The number of hydrogen-bond acceptors (Lipinski definition) is 6. The number of sulfonamides is 1. The summed E-state index contributed by atoms with van der Waals surface area (Å²) in [5.74, 6) is 1.98. The molecule has 1 saturated carbocycles. The summed E-state index contributed by atoms with van der Waals surface area (Å²) in [6.07, 6.45) is 3.98. The molecule has 0 spiro atoms. The van der Waals surface area contributed by atoms with Crippen LogP contribution in [0.3, 0.4) is 0 Å². The molecule has 0 atom stereocenters. The predicted octanol–water partition coefficient (Wildman–Crippen LogP) is 3.45. The number of rotatable bonds is 8. The van der Waals surface area contributed by atoms with Crippen molar-refractivity contribution in [1.29, 1.82) is 0 Å². The van der Waals surface area contributed by atoms with Crippen LogP contribution in [-0.4, -0.2) is 43.6 Å². The molecule has 1 fully saturated rings. The van der Waals surface area contributed by atoms with Crippen LogP contribution >= 0.6 is 0 Å². The van der Waals surface area contributed by atoms with Gasteiger partial charge in [-0.1, -0.05) is 0 Å². The van der Waals surface area contributed by atoms with Crippen molar-refractivity contribution < 1.29 is 13.2 Å². The second-order valence-corrected chi connectivity index (χ2v) is 10.2. The summed E-state index contributed by atoms with van der Waals surface area (Å²) >= 11 is 0. The summed E-state index contributed by atoms with van der Waals surface area (Å²) < 4.78 is 31.7. The Kier molecular flexibility index (Phi) is 7.08. The number of ether oxygens (including phenoxy) is 1. The highest BCUT2D eigenvalue weighted by molar-refractivity contribution is 7.90. The van der Waals surface area contributed by atoms with Gasteiger partial charge in [0.25, 0.3) is 0 Å². The highest BCUT2D eigenvalue weighted by Crippen LogP contribution is 2.26. The van der Waals surface area contributed by atoms with E-state index in [1.165, 1.54) is 0 Å². The SMILES string of the molecule is COc1ccc(-c2ccc(NC3CCC(CNS(=O)(=O)C(C)C)CC3)nn2)cc1. The molecule has 0 unspecified atom stereocenters. The van der Waals surface area contributed by atoms with E-state index in [9.17, 15) is 8.42 Å². The van der Waals surface area contributed by atoms with Gasteiger partial charge in [-0.25, -0.2) is 13.1 Å². The number of anilines is 1. The monoisotopic (exact) mass is 418 g/mol. The Morgan fingerprint density at radius 2 is 1.72 bits per heavy atom. The van der Waals surface area contributed by atoms with Crippen molar-refractivity contribution in [3.05, 3.63) is 36.4 Å². The standard InChI is InChI=1S/C21H30N4O3S/c1-15(2)29(26,27)22-14-16-4-8-18(9-5-16)23-21-13-12-20(24-25-21)17-6-10-19(28-3)11-7-17/h6-7,10-13,15-16,18,22H,4-5,8-9,14H2,1-3H3,(H,23,25). The van der Waals surface area contributed by atoms with Crippen molar-refractivity contribution in [3.8, 4) is 17.0 Å². The molecule has 0 saturated heterocycles. The highest BCUT2D eigenvalue weighted by Gasteiger charge is 2.24. The molecule has 1 aliphatic rings.